The van der Waals surface area contributed by atoms with Gasteiger partial charge in [-0.1, -0.05) is 34.6 Å². The lowest BCUT2D eigenvalue weighted by molar-refractivity contribution is -0.296. The van der Waals surface area contributed by atoms with Crippen LogP contribution in [0.1, 0.15) is 120 Å². The van der Waals surface area contributed by atoms with Crippen LogP contribution in [0.25, 0.3) is 0 Å². The number of carbonyl (C=O) groups excluding carboxylic acids is 1. The molecular weight excluding hydrogens is 480 g/mol. The van der Waals surface area contributed by atoms with Crippen LogP contribution in [0, 0.1) is 39.4 Å². The molecule has 0 aromatic rings. The van der Waals surface area contributed by atoms with E-state index in [0.29, 0.717) is 18.3 Å². The number of fused-ring (bicyclic) bond motifs is 9. The predicted octanol–water partition coefficient (Wildman–Crippen LogP) is 5.76. The summed E-state index contributed by atoms with van der Waals surface area (Å²) in [5.74, 6) is -0.442. The molecule has 4 saturated carbocycles. The molecule has 216 valence electrons. The maximum Gasteiger partial charge on any atom is 0.302 e. The van der Waals surface area contributed by atoms with Crippen LogP contribution < -0.4 is 0 Å². The van der Waals surface area contributed by atoms with Crippen molar-refractivity contribution >= 4 is 5.97 Å². The Balaban J connectivity index is 1.48. The van der Waals surface area contributed by atoms with Crippen LogP contribution in [-0.2, 0) is 19.0 Å². The summed E-state index contributed by atoms with van der Waals surface area (Å²) in [5.41, 5.74) is -2.39. The lowest BCUT2D eigenvalue weighted by Gasteiger charge is -2.71. The average Bonchev–Trinajstić information content (AvgIpc) is 3.39. The van der Waals surface area contributed by atoms with Gasteiger partial charge in [-0.25, -0.2) is 0 Å². The van der Waals surface area contributed by atoms with Crippen LogP contribution >= 0.6 is 0 Å². The van der Waals surface area contributed by atoms with Crippen molar-refractivity contribution in [3.05, 3.63) is 0 Å². The minimum atomic E-state index is -1.13. The summed E-state index contributed by atoms with van der Waals surface area (Å²) in [6.45, 7) is 19.3. The molecular formula is C32H52O6. The summed E-state index contributed by atoms with van der Waals surface area (Å²) in [6.07, 6.45) is 7.72. The molecule has 6 aliphatic rings. The van der Waals surface area contributed by atoms with Gasteiger partial charge in [-0.05, 0) is 106 Å². The number of rotatable bonds is 2. The van der Waals surface area contributed by atoms with E-state index in [1.165, 1.54) is 6.92 Å². The molecule has 2 N–H and O–H groups in total. The van der Waals surface area contributed by atoms with Crippen molar-refractivity contribution in [1.82, 2.24) is 0 Å². The van der Waals surface area contributed by atoms with E-state index in [-0.39, 0.29) is 45.8 Å². The predicted molar refractivity (Wildman–Crippen MR) is 144 cm³/mol. The van der Waals surface area contributed by atoms with Crippen molar-refractivity contribution in [2.45, 2.75) is 155 Å². The summed E-state index contributed by atoms with van der Waals surface area (Å²) in [5, 5.41) is 22.3. The van der Waals surface area contributed by atoms with Crippen molar-refractivity contribution in [3.8, 4) is 0 Å². The normalized spacial score (nSPS) is 56.9. The molecule has 2 saturated heterocycles. The van der Waals surface area contributed by atoms with Crippen LogP contribution in [0.3, 0.4) is 0 Å². The molecule has 2 aliphatic heterocycles. The minimum absolute atomic E-state index is 0.00276. The fraction of sp³-hybridized carbons (Fsp3) is 0.969. The highest BCUT2D eigenvalue weighted by Crippen LogP contribution is 2.79. The minimum Gasteiger partial charge on any atom is -0.462 e. The first-order valence-corrected chi connectivity index (χ1v) is 15.3. The molecule has 6 nitrogen and oxygen atoms in total. The molecule has 2 bridgehead atoms. The van der Waals surface area contributed by atoms with Crippen molar-refractivity contribution < 1.29 is 29.2 Å². The van der Waals surface area contributed by atoms with Crippen LogP contribution in [0.15, 0.2) is 0 Å². The van der Waals surface area contributed by atoms with Crippen LogP contribution in [-0.4, -0.2) is 51.0 Å². The second kappa shape index (κ2) is 7.57. The molecule has 38 heavy (non-hydrogen) atoms. The Hall–Kier alpha value is -0.690. The van der Waals surface area contributed by atoms with Crippen LogP contribution in [0.5, 0.6) is 0 Å². The van der Waals surface area contributed by atoms with Gasteiger partial charge in [-0.2, -0.15) is 0 Å². The van der Waals surface area contributed by atoms with Gasteiger partial charge in [0.25, 0.3) is 0 Å². The Morgan fingerprint density at radius 1 is 0.868 bits per heavy atom. The lowest BCUT2D eigenvalue weighted by Crippen LogP contribution is -2.70. The number of ether oxygens (including phenoxy) is 3. The maximum absolute atomic E-state index is 12.7. The Morgan fingerprint density at radius 2 is 1.55 bits per heavy atom. The number of aliphatic hydroxyl groups excluding tert-OH is 1. The second-order valence-electron chi connectivity index (χ2n) is 16.4. The Kier molecular flexibility index (Phi) is 5.48. The number of aliphatic hydroxyl groups is 2. The van der Waals surface area contributed by atoms with E-state index in [4.69, 9.17) is 14.2 Å². The van der Waals surface area contributed by atoms with E-state index in [1.807, 2.05) is 0 Å². The van der Waals surface area contributed by atoms with E-state index < -0.39 is 22.6 Å². The van der Waals surface area contributed by atoms with Crippen LogP contribution in [0.2, 0.25) is 0 Å². The zero-order chi connectivity index (χ0) is 27.9. The monoisotopic (exact) mass is 532 g/mol. The molecule has 0 aromatic heterocycles. The van der Waals surface area contributed by atoms with Crippen molar-refractivity contribution in [2.75, 3.05) is 0 Å². The highest BCUT2D eigenvalue weighted by Gasteiger charge is 2.82. The zero-order valence-corrected chi connectivity index (χ0v) is 25.3. The van der Waals surface area contributed by atoms with E-state index >= 15 is 0 Å². The number of carbonyl (C=O) groups is 1. The average molecular weight is 533 g/mol. The van der Waals surface area contributed by atoms with Crippen molar-refractivity contribution in [2.24, 2.45) is 39.4 Å². The number of hydrogen-bond acceptors (Lipinski definition) is 6. The molecule has 1 spiro atoms. The summed E-state index contributed by atoms with van der Waals surface area (Å²) < 4.78 is 20.2. The third-order valence-electron chi connectivity index (χ3n) is 14.2. The molecule has 6 rings (SSSR count). The van der Waals surface area contributed by atoms with Gasteiger partial charge in [0.1, 0.15) is 17.3 Å². The second-order valence-corrected chi connectivity index (χ2v) is 16.4. The molecule has 6 fully saturated rings. The third-order valence-corrected chi connectivity index (χ3v) is 14.2. The quantitative estimate of drug-likeness (QED) is 0.440. The summed E-state index contributed by atoms with van der Waals surface area (Å²) >= 11 is 0. The van der Waals surface area contributed by atoms with Gasteiger partial charge < -0.3 is 24.4 Å². The smallest absolute Gasteiger partial charge is 0.302 e. The SMILES string of the molecule is CC(=O)O[C@@H]1CC2[C@@]3(C)CCC(O)C(C)(C)C3CC[C@@]2(C)[C@]2(C)CC[C@@]3(O[C@@]4(C(C)(C)O)CC[C@]3(C)O4)C12. The van der Waals surface area contributed by atoms with Gasteiger partial charge in [0.2, 0.25) is 0 Å². The maximum atomic E-state index is 12.7. The fourth-order valence-electron chi connectivity index (χ4n) is 12.0. The van der Waals surface area contributed by atoms with Crippen LogP contribution in [0.4, 0.5) is 0 Å². The van der Waals surface area contributed by atoms with E-state index in [1.54, 1.807) is 13.8 Å². The Morgan fingerprint density at radius 3 is 2.16 bits per heavy atom. The van der Waals surface area contributed by atoms with Gasteiger partial charge in [-0.3, -0.25) is 4.79 Å². The Labute approximate surface area is 229 Å². The standard InChI is InChI=1S/C32H52O6/c1-19(33)36-20-18-22-27(6)12-11-23(34)25(2,3)21(27)10-13-28(22,7)29(8)14-16-31(24(20)29)30(9)15-17-32(37-30,38-31)26(4,5)35/h20-24,34-35H,10-18H2,1-9H3/t20-,21?,22?,23?,24?,27+,28-,29-,30+,31-,32-/m1/s1. The molecule has 0 radical (unpaired) electrons. The highest BCUT2D eigenvalue weighted by molar-refractivity contribution is 5.66. The van der Waals surface area contributed by atoms with E-state index in [2.05, 4.69) is 41.5 Å². The molecule has 0 aromatic carbocycles. The lowest BCUT2D eigenvalue weighted by atomic mass is 9.35. The summed E-state index contributed by atoms with van der Waals surface area (Å²) in [6, 6.07) is 0. The molecule has 0 amide bonds. The topological polar surface area (TPSA) is 85.2 Å². The summed E-state index contributed by atoms with van der Waals surface area (Å²) in [7, 11) is 0. The summed E-state index contributed by atoms with van der Waals surface area (Å²) in [4.78, 5) is 12.7. The van der Waals surface area contributed by atoms with E-state index in [0.717, 1.165) is 51.4 Å². The number of hydrogen-bond donors (Lipinski definition) is 2. The molecule has 11 atom stereocenters. The van der Waals surface area contributed by atoms with Gasteiger partial charge in [-0.15, -0.1) is 0 Å². The van der Waals surface area contributed by atoms with Crippen molar-refractivity contribution in [1.29, 1.82) is 0 Å². The zero-order valence-electron chi connectivity index (χ0n) is 25.3. The largest absolute Gasteiger partial charge is 0.462 e. The Bertz CT molecular complexity index is 1030. The van der Waals surface area contributed by atoms with Gasteiger partial charge in [0.15, 0.2) is 5.79 Å². The first-order valence-electron chi connectivity index (χ1n) is 15.3. The van der Waals surface area contributed by atoms with Crippen molar-refractivity contribution in [3.63, 3.8) is 0 Å². The molecule has 4 unspecified atom stereocenters. The van der Waals surface area contributed by atoms with Gasteiger partial charge in [0.05, 0.1) is 11.7 Å². The molecule has 2 heterocycles. The molecule has 4 aliphatic carbocycles. The third kappa shape index (κ3) is 2.97. The number of esters is 1. The molecule has 6 heteroatoms. The first-order chi connectivity index (χ1) is 17.3. The highest BCUT2D eigenvalue weighted by atomic mass is 16.8. The fourth-order valence-corrected chi connectivity index (χ4v) is 12.0. The first kappa shape index (κ1) is 27.5. The van der Waals surface area contributed by atoms with Gasteiger partial charge >= 0.3 is 5.97 Å². The van der Waals surface area contributed by atoms with E-state index in [9.17, 15) is 15.0 Å². The van der Waals surface area contributed by atoms with Gasteiger partial charge in [0, 0.05) is 19.3 Å².